The molecule has 2 atom stereocenters. The van der Waals surface area contributed by atoms with Crippen molar-refractivity contribution in [2.24, 2.45) is 0 Å². The van der Waals surface area contributed by atoms with E-state index in [4.69, 9.17) is 28.6 Å². The van der Waals surface area contributed by atoms with E-state index in [1.165, 1.54) is 30.3 Å². The van der Waals surface area contributed by atoms with Gasteiger partial charge in [0.1, 0.15) is 11.6 Å². The van der Waals surface area contributed by atoms with Crippen LogP contribution in [0.2, 0.25) is 5.02 Å². The van der Waals surface area contributed by atoms with Crippen molar-refractivity contribution in [2.45, 2.75) is 38.9 Å². The molecule has 12 heteroatoms. The molecule has 9 nitrogen and oxygen atoms in total. The lowest BCUT2D eigenvalue weighted by Gasteiger charge is -2.44. The number of aromatic nitrogens is 2. The normalized spacial score (nSPS) is 17.7. The first-order valence-electron chi connectivity index (χ1n) is 12.3. The minimum absolute atomic E-state index is 0.0620. The van der Waals surface area contributed by atoms with E-state index in [1.807, 2.05) is 13.8 Å². The number of aromatic amines is 2. The number of nitrogens with one attached hydrogen (secondary N) is 2. The maximum atomic E-state index is 13.2. The highest BCUT2D eigenvalue weighted by Gasteiger charge is 2.32. The van der Waals surface area contributed by atoms with Crippen LogP contribution in [0.25, 0.3) is 0 Å². The van der Waals surface area contributed by atoms with E-state index in [9.17, 15) is 23.9 Å². The molecule has 3 N–H and O–H groups in total. The number of aromatic hydroxyl groups is 1. The Balaban J connectivity index is 1.42. The van der Waals surface area contributed by atoms with Crippen molar-refractivity contribution in [1.29, 1.82) is 0 Å². The number of halogens is 2. The molecule has 1 saturated heterocycles. The van der Waals surface area contributed by atoms with Gasteiger partial charge in [-0.15, -0.1) is 0 Å². The first kappa shape index (κ1) is 28.5. The number of H-pyrrole nitrogens is 2. The van der Waals surface area contributed by atoms with Gasteiger partial charge in [0, 0.05) is 43.2 Å². The average molecular weight is 575 g/mol. The van der Waals surface area contributed by atoms with Crippen molar-refractivity contribution in [1.82, 2.24) is 19.8 Å². The number of carbonyl (C=O) groups is 2. The van der Waals surface area contributed by atoms with Crippen LogP contribution in [0.4, 0.5) is 4.39 Å². The summed E-state index contributed by atoms with van der Waals surface area (Å²) < 4.78 is 18.9. The van der Waals surface area contributed by atoms with Gasteiger partial charge in [-0.2, -0.15) is 0 Å². The maximum Gasteiger partial charge on any atom is 0.260 e. The number of hydrogen-bond acceptors (Lipinski definition) is 7. The second-order valence-corrected chi connectivity index (χ2v) is 10.4. The van der Waals surface area contributed by atoms with Gasteiger partial charge in [-0.05, 0) is 62.0 Å². The van der Waals surface area contributed by atoms with Gasteiger partial charge in [0.15, 0.2) is 23.0 Å². The second kappa shape index (κ2) is 12.1. The van der Waals surface area contributed by atoms with Crippen LogP contribution >= 0.6 is 23.8 Å². The molecule has 0 saturated carbocycles. The van der Waals surface area contributed by atoms with Gasteiger partial charge in [-0.3, -0.25) is 24.3 Å². The number of Topliss-reactive ketones (excluding diaryl/α,β-unsaturated/α-hetero) is 1. The summed E-state index contributed by atoms with van der Waals surface area (Å²) in [6.45, 7) is 5.43. The fourth-order valence-corrected chi connectivity index (χ4v) is 4.94. The molecule has 1 amide bonds. The number of benzene rings is 2. The summed E-state index contributed by atoms with van der Waals surface area (Å²) in [5.74, 6) is -1.43. The summed E-state index contributed by atoms with van der Waals surface area (Å²) in [6, 6.07) is 10.8. The van der Waals surface area contributed by atoms with E-state index < -0.39 is 23.6 Å². The van der Waals surface area contributed by atoms with Gasteiger partial charge >= 0.3 is 0 Å². The minimum atomic E-state index is -0.689. The molecule has 1 fully saturated rings. The molecule has 4 rings (SSSR count). The van der Waals surface area contributed by atoms with Crippen molar-refractivity contribution >= 4 is 35.5 Å². The molecule has 3 aromatic rings. The van der Waals surface area contributed by atoms with E-state index in [2.05, 4.69) is 14.9 Å². The topological polar surface area (TPSA) is 119 Å². The molecule has 0 aliphatic carbocycles. The zero-order chi connectivity index (χ0) is 28.3. The highest BCUT2D eigenvalue weighted by molar-refractivity contribution is 7.71. The third-order valence-corrected chi connectivity index (χ3v) is 7.12. The number of piperazine rings is 1. The van der Waals surface area contributed by atoms with Crippen LogP contribution in [0, 0.1) is 10.6 Å². The number of rotatable bonds is 8. The van der Waals surface area contributed by atoms with Crippen LogP contribution < -0.4 is 10.3 Å². The van der Waals surface area contributed by atoms with Gasteiger partial charge in [0.05, 0.1) is 11.1 Å². The monoisotopic (exact) mass is 574 g/mol. The summed E-state index contributed by atoms with van der Waals surface area (Å²) in [6.07, 6.45) is -0.442. The molecular weight excluding hydrogens is 547 g/mol. The molecule has 0 unspecified atom stereocenters. The molecule has 0 radical (unpaired) electrons. The summed E-state index contributed by atoms with van der Waals surface area (Å²) in [5, 5.41) is 10.3. The van der Waals surface area contributed by atoms with Crippen LogP contribution in [0.1, 0.15) is 35.3 Å². The van der Waals surface area contributed by atoms with E-state index >= 15 is 0 Å². The highest BCUT2D eigenvalue weighted by atomic mass is 35.5. The Kier molecular flexibility index (Phi) is 8.83. The third kappa shape index (κ3) is 6.92. The molecular formula is C27H28ClFN4O5S. The quantitative estimate of drug-likeness (QED) is 0.276. The lowest BCUT2D eigenvalue weighted by molar-refractivity contribution is -0.139. The van der Waals surface area contributed by atoms with Crippen molar-refractivity contribution in [2.75, 3.05) is 19.7 Å². The molecule has 0 spiro atoms. The van der Waals surface area contributed by atoms with Crippen LogP contribution in [0.3, 0.4) is 0 Å². The fraction of sp³-hybridized carbons (Fsp3) is 0.333. The Morgan fingerprint density at radius 3 is 2.54 bits per heavy atom. The van der Waals surface area contributed by atoms with E-state index in [0.717, 1.165) is 5.56 Å². The van der Waals surface area contributed by atoms with E-state index in [-0.39, 0.29) is 57.1 Å². The number of hydrogen-bond donors (Lipinski definition) is 3. The number of ether oxygens (including phenoxy) is 1. The second-order valence-electron chi connectivity index (χ2n) is 9.56. The maximum absolute atomic E-state index is 13.2. The van der Waals surface area contributed by atoms with Crippen molar-refractivity contribution in [3.05, 3.63) is 85.1 Å². The zero-order valence-electron chi connectivity index (χ0n) is 21.4. The molecule has 0 bridgehead atoms. The minimum Gasteiger partial charge on any atom is -0.494 e. The summed E-state index contributed by atoms with van der Waals surface area (Å²) >= 11 is 10.9. The van der Waals surface area contributed by atoms with Crippen LogP contribution in [0.5, 0.6) is 11.6 Å². The number of ketones is 1. The molecule has 2 aromatic carbocycles. The average Bonchev–Trinajstić information content (AvgIpc) is 2.88. The molecule has 1 aliphatic heterocycles. The summed E-state index contributed by atoms with van der Waals surface area (Å²) in [7, 11) is 0. The van der Waals surface area contributed by atoms with E-state index in [1.54, 1.807) is 17.0 Å². The summed E-state index contributed by atoms with van der Waals surface area (Å²) in [4.78, 5) is 47.1. The van der Waals surface area contributed by atoms with E-state index in [0.29, 0.717) is 19.6 Å². The Bertz CT molecular complexity index is 1490. The van der Waals surface area contributed by atoms with Crippen molar-refractivity contribution < 1.29 is 23.8 Å². The third-order valence-electron chi connectivity index (χ3n) is 6.68. The molecule has 1 aliphatic rings. The Morgan fingerprint density at radius 1 is 1.13 bits per heavy atom. The number of nitrogens with zero attached hydrogens (tertiary/aromatic N) is 2. The predicted octanol–water partition coefficient (Wildman–Crippen LogP) is 3.86. The van der Waals surface area contributed by atoms with Crippen LogP contribution in [-0.4, -0.2) is 68.3 Å². The lowest BCUT2D eigenvalue weighted by atomic mass is 10.0. The Morgan fingerprint density at radius 2 is 1.85 bits per heavy atom. The SMILES string of the molecule is C[C@@H]1CN(Cc2ccc(F)cc2)[C@@H](C)CN1C(=O)COc1ccc(Cl)cc1C(=O)Cc1c(O)[nH]c(=S)[nH]c1=O. The predicted molar refractivity (Wildman–Crippen MR) is 146 cm³/mol. The Labute approximate surface area is 234 Å². The molecule has 1 aromatic heterocycles. The highest BCUT2D eigenvalue weighted by Crippen LogP contribution is 2.26. The molecule has 206 valence electrons. The summed E-state index contributed by atoms with van der Waals surface area (Å²) in [5.41, 5.74) is 0.191. The lowest BCUT2D eigenvalue weighted by Crippen LogP contribution is -2.58. The van der Waals surface area contributed by atoms with Gasteiger partial charge in [0.2, 0.25) is 0 Å². The van der Waals surface area contributed by atoms with Crippen molar-refractivity contribution in [3.8, 4) is 11.6 Å². The number of amides is 1. The first-order valence-corrected chi connectivity index (χ1v) is 13.1. The van der Waals surface area contributed by atoms with Gasteiger partial charge in [0.25, 0.3) is 11.5 Å². The van der Waals surface area contributed by atoms with Gasteiger partial charge in [-0.1, -0.05) is 23.7 Å². The number of carbonyl (C=O) groups excluding carboxylic acids is 2. The molecule has 2 heterocycles. The van der Waals surface area contributed by atoms with Gasteiger partial charge < -0.3 is 19.7 Å². The van der Waals surface area contributed by atoms with Crippen molar-refractivity contribution in [3.63, 3.8) is 0 Å². The standard InChI is InChI=1S/C27H28ClFN4O5S/c1-15-12-33(16(2)11-32(15)13-17-3-6-19(29)7-4-17)24(35)14-38-23-8-5-18(28)9-20(23)22(34)10-21-25(36)30-27(39)31-26(21)37/h3-9,15-16H,10-14H2,1-2H3,(H3,30,31,36,37,39)/t15-,16+/m0/s1. The van der Waals surface area contributed by atoms with Crippen LogP contribution in [-0.2, 0) is 17.8 Å². The first-order chi connectivity index (χ1) is 18.5. The fourth-order valence-electron chi connectivity index (χ4n) is 4.58. The smallest absolute Gasteiger partial charge is 0.260 e. The van der Waals surface area contributed by atoms with Gasteiger partial charge in [-0.25, -0.2) is 4.39 Å². The van der Waals surface area contributed by atoms with Crippen LogP contribution in [0.15, 0.2) is 47.3 Å². The Hall–Kier alpha value is -3.54. The largest absolute Gasteiger partial charge is 0.494 e. The zero-order valence-corrected chi connectivity index (χ0v) is 22.9. The molecule has 39 heavy (non-hydrogen) atoms.